The molecule has 1 atom stereocenters. The van der Waals surface area contributed by atoms with Crippen molar-refractivity contribution in [2.45, 2.75) is 25.4 Å². The predicted octanol–water partition coefficient (Wildman–Crippen LogP) is 2.21. The van der Waals surface area contributed by atoms with E-state index in [1.54, 1.807) is 0 Å². The summed E-state index contributed by atoms with van der Waals surface area (Å²) in [5, 5.41) is 2.91. The van der Waals surface area contributed by atoms with Crippen LogP contribution in [0, 0.1) is 0 Å². The van der Waals surface area contributed by atoms with Crippen molar-refractivity contribution in [2.24, 2.45) is 0 Å². The van der Waals surface area contributed by atoms with Gasteiger partial charge in [-0.25, -0.2) is 8.42 Å². The molecule has 7 heteroatoms. The minimum Gasteiger partial charge on any atom is -0.365 e. The summed E-state index contributed by atoms with van der Waals surface area (Å²) in [4.78, 5) is 17.1. The van der Waals surface area contributed by atoms with Crippen LogP contribution in [0.4, 0.5) is 11.4 Å². The molecule has 0 aliphatic carbocycles. The van der Waals surface area contributed by atoms with Gasteiger partial charge in [-0.1, -0.05) is 42.5 Å². The van der Waals surface area contributed by atoms with Crippen LogP contribution in [0.25, 0.3) is 0 Å². The van der Waals surface area contributed by atoms with Crippen LogP contribution >= 0.6 is 0 Å². The first kappa shape index (κ1) is 19.8. The van der Waals surface area contributed by atoms with E-state index in [0.717, 1.165) is 37.4 Å². The second-order valence-corrected chi connectivity index (χ2v) is 10.1. The third kappa shape index (κ3) is 4.90. The van der Waals surface area contributed by atoms with Crippen LogP contribution in [-0.4, -0.2) is 51.5 Å². The predicted molar refractivity (Wildman–Crippen MR) is 116 cm³/mol. The van der Waals surface area contributed by atoms with Gasteiger partial charge in [-0.2, -0.15) is 0 Å². The molecule has 2 heterocycles. The lowest BCUT2D eigenvalue weighted by Gasteiger charge is -2.28. The molecule has 0 aromatic heterocycles. The molecule has 0 radical (unpaired) electrons. The first-order valence-electron chi connectivity index (χ1n) is 10.1. The number of rotatable bonds is 5. The smallest absolute Gasteiger partial charge is 0.239 e. The highest BCUT2D eigenvalue weighted by Crippen LogP contribution is 2.33. The maximum absolute atomic E-state index is 12.6. The van der Waals surface area contributed by atoms with Gasteiger partial charge in [-0.05, 0) is 30.5 Å². The van der Waals surface area contributed by atoms with Crippen molar-refractivity contribution in [1.82, 2.24) is 5.32 Å². The van der Waals surface area contributed by atoms with E-state index >= 15 is 0 Å². The molecule has 4 rings (SSSR count). The average Bonchev–Trinajstić information content (AvgIpc) is 2.95. The second kappa shape index (κ2) is 8.45. The lowest BCUT2D eigenvalue weighted by molar-refractivity contribution is -0.120. The Kier molecular flexibility index (Phi) is 5.76. The van der Waals surface area contributed by atoms with Crippen LogP contribution in [0.3, 0.4) is 0 Å². The molecule has 0 spiro atoms. The Morgan fingerprint density at radius 1 is 0.966 bits per heavy atom. The molecule has 2 aliphatic rings. The molecule has 1 fully saturated rings. The van der Waals surface area contributed by atoms with E-state index in [2.05, 4.69) is 51.5 Å². The van der Waals surface area contributed by atoms with Gasteiger partial charge < -0.3 is 15.1 Å². The lowest BCUT2D eigenvalue weighted by Crippen LogP contribution is -2.43. The third-order valence-electron chi connectivity index (χ3n) is 5.57. The normalized spacial score (nSPS) is 20.8. The van der Waals surface area contributed by atoms with Crippen molar-refractivity contribution in [3.05, 3.63) is 60.2 Å². The van der Waals surface area contributed by atoms with E-state index in [9.17, 15) is 13.2 Å². The fraction of sp³-hybridized carbons (Fsp3) is 0.409. The fourth-order valence-corrected chi connectivity index (χ4v) is 5.85. The van der Waals surface area contributed by atoms with Gasteiger partial charge in [-0.3, -0.25) is 4.79 Å². The maximum atomic E-state index is 12.6. The van der Waals surface area contributed by atoms with E-state index in [4.69, 9.17) is 0 Å². The number of para-hydroxylation sites is 2. The van der Waals surface area contributed by atoms with Gasteiger partial charge in [-0.15, -0.1) is 0 Å². The van der Waals surface area contributed by atoms with Crippen LogP contribution in [0.2, 0.25) is 0 Å². The van der Waals surface area contributed by atoms with Gasteiger partial charge in [0.1, 0.15) is 0 Å². The zero-order valence-electron chi connectivity index (χ0n) is 16.5. The zero-order valence-corrected chi connectivity index (χ0v) is 17.3. The monoisotopic (exact) mass is 413 g/mol. The van der Waals surface area contributed by atoms with Crippen molar-refractivity contribution in [2.75, 3.05) is 40.9 Å². The molecule has 1 N–H and O–H groups in total. The highest BCUT2D eigenvalue weighted by atomic mass is 32.2. The van der Waals surface area contributed by atoms with Crippen LogP contribution < -0.4 is 15.1 Å². The Bertz CT molecular complexity index is 962. The number of carbonyl (C=O) groups is 1. The van der Waals surface area contributed by atoms with Crippen molar-refractivity contribution in [3.8, 4) is 0 Å². The molecule has 1 saturated heterocycles. The Morgan fingerprint density at radius 3 is 2.31 bits per heavy atom. The summed E-state index contributed by atoms with van der Waals surface area (Å²) < 4.78 is 23.3. The summed E-state index contributed by atoms with van der Waals surface area (Å²) in [5.41, 5.74) is 3.44. The molecule has 6 nitrogen and oxygen atoms in total. The Labute approximate surface area is 172 Å². The van der Waals surface area contributed by atoms with E-state index in [-0.39, 0.29) is 30.0 Å². The lowest BCUT2D eigenvalue weighted by atomic mass is 10.1. The minimum absolute atomic E-state index is 0.0557. The molecule has 2 aromatic rings. The number of sulfone groups is 1. The van der Waals surface area contributed by atoms with E-state index in [1.807, 2.05) is 18.2 Å². The molecule has 2 aromatic carbocycles. The summed E-state index contributed by atoms with van der Waals surface area (Å²) in [6.45, 7) is 2.79. The number of nitrogens with zero attached hydrogens (tertiary/aromatic N) is 2. The van der Waals surface area contributed by atoms with Crippen molar-refractivity contribution in [3.63, 3.8) is 0 Å². The van der Waals surface area contributed by atoms with Crippen LogP contribution in [0.15, 0.2) is 54.6 Å². The van der Waals surface area contributed by atoms with Gasteiger partial charge in [0.2, 0.25) is 5.91 Å². The number of benzene rings is 2. The molecule has 0 unspecified atom stereocenters. The number of carbonyl (C=O) groups excluding carboxylic acids is 1. The number of hydrogen-bond donors (Lipinski definition) is 1. The van der Waals surface area contributed by atoms with Gasteiger partial charge >= 0.3 is 0 Å². The van der Waals surface area contributed by atoms with Gasteiger partial charge in [0.15, 0.2) is 9.84 Å². The standard InChI is InChI=1S/C22H27N3O3S/c26-22(23-19-11-14-29(27,28)17-19)16-25-13-6-12-24(15-18-7-2-1-3-8-18)20-9-4-5-10-21(20)25/h1-5,7-10,19H,6,11-17H2,(H,23,26)/t19-/m0/s1. The molecule has 0 bridgehead atoms. The Hall–Kier alpha value is -2.54. The van der Waals surface area contributed by atoms with E-state index in [0.29, 0.717) is 6.42 Å². The molecule has 2 aliphatic heterocycles. The van der Waals surface area contributed by atoms with Crippen molar-refractivity contribution in [1.29, 1.82) is 0 Å². The molecular formula is C22H27N3O3S. The van der Waals surface area contributed by atoms with Crippen LogP contribution in [0.5, 0.6) is 0 Å². The van der Waals surface area contributed by atoms with E-state index in [1.165, 1.54) is 5.56 Å². The number of anilines is 2. The van der Waals surface area contributed by atoms with E-state index < -0.39 is 9.84 Å². The number of nitrogens with one attached hydrogen (secondary N) is 1. The molecule has 154 valence electrons. The number of hydrogen-bond acceptors (Lipinski definition) is 5. The summed E-state index contributed by atoms with van der Waals surface area (Å²) in [6.07, 6.45) is 1.46. The average molecular weight is 414 g/mol. The quantitative estimate of drug-likeness (QED) is 0.814. The maximum Gasteiger partial charge on any atom is 0.239 e. The van der Waals surface area contributed by atoms with Crippen molar-refractivity contribution < 1.29 is 13.2 Å². The third-order valence-corrected chi connectivity index (χ3v) is 7.34. The molecule has 1 amide bonds. The largest absolute Gasteiger partial charge is 0.365 e. The molecule has 0 saturated carbocycles. The van der Waals surface area contributed by atoms with Crippen molar-refractivity contribution >= 4 is 27.1 Å². The Morgan fingerprint density at radius 2 is 1.62 bits per heavy atom. The Balaban J connectivity index is 1.47. The topological polar surface area (TPSA) is 69.7 Å². The fourth-order valence-electron chi connectivity index (χ4n) is 4.18. The first-order chi connectivity index (χ1) is 14.0. The van der Waals surface area contributed by atoms with Gasteiger partial charge in [0.05, 0.1) is 29.4 Å². The van der Waals surface area contributed by atoms with Gasteiger partial charge in [0.25, 0.3) is 0 Å². The summed E-state index contributed by atoms with van der Waals surface area (Å²) >= 11 is 0. The molecular weight excluding hydrogens is 386 g/mol. The number of amides is 1. The number of fused-ring (bicyclic) bond motifs is 1. The second-order valence-electron chi connectivity index (χ2n) is 7.84. The first-order valence-corrected chi connectivity index (χ1v) is 11.9. The highest BCUT2D eigenvalue weighted by Gasteiger charge is 2.29. The van der Waals surface area contributed by atoms with Crippen LogP contribution in [0.1, 0.15) is 18.4 Å². The minimum atomic E-state index is -3.00. The SMILES string of the molecule is O=C(CN1CCCN(Cc2ccccc2)c2ccccc21)N[C@H]1CCS(=O)(=O)C1. The van der Waals surface area contributed by atoms with Gasteiger partial charge in [0, 0.05) is 25.7 Å². The summed E-state index contributed by atoms with van der Waals surface area (Å²) in [5.74, 6) is 0.109. The highest BCUT2D eigenvalue weighted by molar-refractivity contribution is 7.91. The van der Waals surface area contributed by atoms with Crippen LogP contribution in [-0.2, 0) is 21.2 Å². The summed E-state index contributed by atoms with van der Waals surface area (Å²) in [7, 11) is -3.00. The molecule has 29 heavy (non-hydrogen) atoms. The zero-order chi connectivity index (χ0) is 20.3. The summed E-state index contributed by atoms with van der Waals surface area (Å²) in [6, 6.07) is 18.3.